The van der Waals surface area contributed by atoms with Gasteiger partial charge in [0.15, 0.2) is 5.82 Å². The van der Waals surface area contributed by atoms with E-state index in [1.54, 1.807) is 4.90 Å². The number of piperidine rings is 1. The predicted molar refractivity (Wildman–Crippen MR) is 104 cm³/mol. The molecule has 154 valence electrons. The number of carboxylic acid groups (broad SMARTS) is 1. The van der Waals surface area contributed by atoms with Gasteiger partial charge in [-0.2, -0.15) is 0 Å². The highest BCUT2D eigenvalue weighted by atomic mass is 19.1. The first kappa shape index (κ1) is 18.5. The molecule has 0 bridgehead atoms. The third kappa shape index (κ3) is 2.61. The molecule has 2 aromatic rings. The first-order chi connectivity index (χ1) is 13.7. The molecule has 0 spiro atoms. The van der Waals surface area contributed by atoms with E-state index in [0.717, 1.165) is 31.7 Å². The quantitative estimate of drug-likeness (QED) is 0.823. The Morgan fingerprint density at radius 2 is 2.07 bits per heavy atom. The minimum atomic E-state index is -1.40. The maximum atomic E-state index is 15.7. The second kappa shape index (κ2) is 6.01. The minimum absolute atomic E-state index is 0.00913. The molecule has 5 rings (SSSR count). The molecule has 3 unspecified atom stereocenters. The van der Waals surface area contributed by atoms with Crippen molar-refractivity contribution >= 4 is 22.6 Å². The van der Waals surface area contributed by atoms with Crippen molar-refractivity contribution in [1.29, 1.82) is 0 Å². The van der Waals surface area contributed by atoms with E-state index in [1.807, 2.05) is 0 Å². The maximum absolute atomic E-state index is 15.7. The SMILES string of the molecule is CC12CCN(c3c(F)cc4c(=O)c(C(=O)O)cn(C5CC5)c4c3F)CC1C(N)C2. The summed E-state index contributed by atoms with van der Waals surface area (Å²) < 4.78 is 32.2. The molecule has 6 nitrogen and oxygen atoms in total. The van der Waals surface area contributed by atoms with Crippen molar-refractivity contribution in [2.75, 3.05) is 18.0 Å². The molecule has 8 heteroatoms. The highest BCUT2D eigenvalue weighted by Gasteiger charge is 2.52. The van der Waals surface area contributed by atoms with Crippen molar-refractivity contribution in [2.45, 2.75) is 44.7 Å². The summed E-state index contributed by atoms with van der Waals surface area (Å²) in [6.45, 7) is 3.15. The summed E-state index contributed by atoms with van der Waals surface area (Å²) in [7, 11) is 0. The van der Waals surface area contributed by atoms with Gasteiger partial charge in [-0.1, -0.05) is 6.92 Å². The van der Waals surface area contributed by atoms with E-state index < -0.39 is 28.6 Å². The highest BCUT2D eigenvalue weighted by Crippen LogP contribution is 2.52. The van der Waals surface area contributed by atoms with Crippen LogP contribution < -0.4 is 16.1 Å². The van der Waals surface area contributed by atoms with Crippen LogP contribution in [0.1, 0.15) is 49.0 Å². The van der Waals surface area contributed by atoms with Crippen LogP contribution in [0, 0.1) is 23.0 Å². The van der Waals surface area contributed by atoms with Crippen molar-refractivity contribution < 1.29 is 18.7 Å². The zero-order chi connectivity index (χ0) is 20.7. The Hall–Kier alpha value is -2.48. The Morgan fingerprint density at radius 3 is 2.69 bits per heavy atom. The van der Waals surface area contributed by atoms with Crippen molar-refractivity contribution in [1.82, 2.24) is 4.57 Å². The summed E-state index contributed by atoms with van der Waals surface area (Å²) in [5.74, 6) is -2.86. The topological polar surface area (TPSA) is 88.6 Å². The summed E-state index contributed by atoms with van der Waals surface area (Å²) in [5.41, 5.74) is 4.78. The molecule has 3 atom stereocenters. The molecule has 3 N–H and O–H groups in total. The Labute approximate surface area is 165 Å². The lowest BCUT2D eigenvalue weighted by atomic mass is 9.55. The lowest BCUT2D eigenvalue weighted by Crippen LogP contribution is -2.62. The number of nitrogens with zero attached hydrogens (tertiary/aromatic N) is 2. The standard InChI is InChI=1S/C21H23F2N3O3/c1-21-4-5-25(9-13(21)15(24)7-21)18-14(22)6-11-17(16(18)23)26(10-2-3-10)8-12(19(11)27)20(28)29/h6,8,10,13,15H,2-5,7,9,24H2,1H3,(H,28,29). The van der Waals surface area contributed by atoms with Crippen molar-refractivity contribution in [2.24, 2.45) is 17.1 Å². The van der Waals surface area contributed by atoms with Crippen LogP contribution in [-0.2, 0) is 0 Å². The van der Waals surface area contributed by atoms with Gasteiger partial charge < -0.3 is 20.3 Å². The molecule has 2 aliphatic carbocycles. The van der Waals surface area contributed by atoms with Crippen molar-refractivity contribution in [3.8, 4) is 0 Å². The van der Waals surface area contributed by atoms with Gasteiger partial charge in [0.05, 0.1) is 10.9 Å². The second-order valence-corrected chi connectivity index (χ2v) is 9.06. The Bertz CT molecular complexity index is 1110. The molecule has 3 fully saturated rings. The number of rotatable bonds is 3. The number of anilines is 1. The largest absolute Gasteiger partial charge is 0.477 e. The Morgan fingerprint density at radius 1 is 1.34 bits per heavy atom. The maximum Gasteiger partial charge on any atom is 0.341 e. The highest BCUT2D eigenvalue weighted by molar-refractivity contribution is 5.94. The number of nitrogens with two attached hydrogens (primary N) is 1. The molecule has 3 aliphatic rings. The van der Waals surface area contributed by atoms with Crippen LogP contribution in [0.3, 0.4) is 0 Å². The fraction of sp³-hybridized carbons (Fsp3) is 0.524. The zero-order valence-electron chi connectivity index (χ0n) is 16.1. The number of halogens is 2. The van der Waals surface area contributed by atoms with Gasteiger partial charge in [-0.25, -0.2) is 13.6 Å². The summed E-state index contributed by atoms with van der Waals surface area (Å²) in [6, 6.07) is 0.946. The summed E-state index contributed by atoms with van der Waals surface area (Å²) in [4.78, 5) is 25.7. The molecular weight excluding hydrogens is 380 g/mol. The predicted octanol–water partition coefficient (Wildman–Crippen LogP) is 2.88. The molecule has 29 heavy (non-hydrogen) atoms. The van der Waals surface area contributed by atoms with Gasteiger partial charge in [-0.3, -0.25) is 4.79 Å². The first-order valence-electron chi connectivity index (χ1n) is 10.0. The third-order valence-corrected chi connectivity index (χ3v) is 7.15. The number of hydrogen-bond acceptors (Lipinski definition) is 4. The van der Waals surface area contributed by atoms with E-state index in [9.17, 15) is 14.7 Å². The summed E-state index contributed by atoms with van der Waals surface area (Å²) in [6.07, 6.45) is 4.46. The van der Waals surface area contributed by atoms with E-state index in [0.29, 0.717) is 13.1 Å². The molecule has 1 aromatic heterocycles. The van der Waals surface area contributed by atoms with E-state index in [1.165, 1.54) is 10.8 Å². The monoisotopic (exact) mass is 403 g/mol. The van der Waals surface area contributed by atoms with Gasteiger partial charge in [-0.05, 0) is 43.1 Å². The van der Waals surface area contributed by atoms with Gasteiger partial charge in [0.25, 0.3) is 0 Å². The Kier molecular flexibility index (Phi) is 3.84. The lowest BCUT2D eigenvalue weighted by molar-refractivity contribution is 0.00280. The molecular formula is C21H23F2N3O3. The number of pyridine rings is 1. The number of carboxylic acids is 1. The molecule has 1 aromatic carbocycles. The van der Waals surface area contributed by atoms with Crippen LogP contribution in [0.15, 0.2) is 17.1 Å². The number of carbonyl (C=O) groups is 1. The van der Waals surface area contributed by atoms with Gasteiger partial charge in [0, 0.05) is 31.4 Å². The van der Waals surface area contributed by atoms with Crippen LogP contribution in [-0.4, -0.2) is 34.8 Å². The smallest absolute Gasteiger partial charge is 0.341 e. The number of fused-ring (bicyclic) bond motifs is 2. The zero-order valence-corrected chi connectivity index (χ0v) is 16.1. The number of hydrogen-bond donors (Lipinski definition) is 2. The first-order valence-corrected chi connectivity index (χ1v) is 10.0. The van der Waals surface area contributed by atoms with E-state index in [2.05, 4.69) is 6.92 Å². The molecule has 1 aliphatic heterocycles. The average Bonchev–Trinajstić information content (AvgIpc) is 3.48. The second-order valence-electron chi connectivity index (χ2n) is 9.06. The normalized spacial score (nSPS) is 28.9. The van der Waals surface area contributed by atoms with Crippen LogP contribution in [0.5, 0.6) is 0 Å². The lowest BCUT2D eigenvalue weighted by Gasteiger charge is -2.57. The van der Waals surface area contributed by atoms with Gasteiger partial charge in [0.1, 0.15) is 17.1 Å². The third-order valence-electron chi connectivity index (χ3n) is 7.15. The van der Waals surface area contributed by atoms with Crippen molar-refractivity contribution in [3.05, 3.63) is 39.7 Å². The van der Waals surface area contributed by atoms with E-state index in [4.69, 9.17) is 5.73 Å². The van der Waals surface area contributed by atoms with Crippen LogP contribution in [0.25, 0.3) is 10.9 Å². The molecule has 2 heterocycles. The molecule has 0 amide bonds. The molecule has 2 saturated carbocycles. The minimum Gasteiger partial charge on any atom is -0.477 e. The number of aromatic carboxylic acids is 1. The van der Waals surface area contributed by atoms with Crippen LogP contribution >= 0.6 is 0 Å². The number of benzene rings is 1. The Balaban J connectivity index is 1.68. The summed E-state index contributed by atoms with van der Waals surface area (Å²) in [5, 5.41) is 9.11. The molecule has 1 saturated heterocycles. The van der Waals surface area contributed by atoms with Crippen LogP contribution in [0.2, 0.25) is 0 Å². The van der Waals surface area contributed by atoms with E-state index in [-0.39, 0.29) is 40.0 Å². The van der Waals surface area contributed by atoms with Gasteiger partial charge in [0.2, 0.25) is 5.43 Å². The summed E-state index contributed by atoms with van der Waals surface area (Å²) >= 11 is 0. The fourth-order valence-electron chi connectivity index (χ4n) is 5.27. The average molecular weight is 403 g/mol. The fourth-order valence-corrected chi connectivity index (χ4v) is 5.27. The molecule has 0 radical (unpaired) electrons. The van der Waals surface area contributed by atoms with E-state index >= 15 is 8.78 Å². The van der Waals surface area contributed by atoms with Crippen molar-refractivity contribution in [3.63, 3.8) is 0 Å². The van der Waals surface area contributed by atoms with Crippen LogP contribution in [0.4, 0.5) is 14.5 Å². The number of aromatic nitrogens is 1. The van der Waals surface area contributed by atoms with Gasteiger partial charge in [-0.15, -0.1) is 0 Å². The van der Waals surface area contributed by atoms with Gasteiger partial charge >= 0.3 is 5.97 Å².